The molecule has 96 valence electrons. The molecule has 5 heteroatoms. The predicted octanol–water partition coefficient (Wildman–Crippen LogP) is 1.19. The van der Waals surface area contributed by atoms with E-state index in [1.165, 1.54) is 6.92 Å². The van der Waals surface area contributed by atoms with Gasteiger partial charge >= 0.3 is 11.9 Å². The SMILES string of the molecule is CC1OC(=O)C(CCCCCC2CO2)OC1=O. The van der Waals surface area contributed by atoms with Crippen LogP contribution in [0.25, 0.3) is 0 Å². The summed E-state index contributed by atoms with van der Waals surface area (Å²) in [5.74, 6) is -0.858. The zero-order chi connectivity index (χ0) is 12.3. The number of hydrogen-bond donors (Lipinski definition) is 0. The van der Waals surface area contributed by atoms with E-state index in [9.17, 15) is 9.59 Å². The van der Waals surface area contributed by atoms with Crippen molar-refractivity contribution in [2.75, 3.05) is 6.61 Å². The first kappa shape index (κ1) is 12.4. The van der Waals surface area contributed by atoms with Gasteiger partial charge in [0, 0.05) is 0 Å². The molecular formula is C12H18O5. The Morgan fingerprint density at radius 1 is 1.06 bits per heavy atom. The Labute approximate surface area is 100 Å². The third-order valence-corrected chi connectivity index (χ3v) is 3.04. The van der Waals surface area contributed by atoms with Gasteiger partial charge in [0.15, 0.2) is 12.2 Å². The maximum Gasteiger partial charge on any atom is 0.348 e. The van der Waals surface area contributed by atoms with E-state index < -0.39 is 24.1 Å². The van der Waals surface area contributed by atoms with Crippen LogP contribution in [-0.4, -0.2) is 36.9 Å². The Hall–Kier alpha value is -1.10. The molecule has 0 aromatic rings. The van der Waals surface area contributed by atoms with Crippen LogP contribution in [0.5, 0.6) is 0 Å². The molecule has 5 nitrogen and oxygen atoms in total. The quantitative estimate of drug-likeness (QED) is 0.397. The number of hydrogen-bond acceptors (Lipinski definition) is 5. The summed E-state index contributed by atoms with van der Waals surface area (Å²) in [7, 11) is 0. The van der Waals surface area contributed by atoms with Crippen molar-refractivity contribution >= 4 is 11.9 Å². The molecule has 0 aromatic heterocycles. The first-order chi connectivity index (χ1) is 8.16. The summed E-state index contributed by atoms with van der Waals surface area (Å²) in [6, 6.07) is 0. The second-order valence-corrected chi connectivity index (χ2v) is 4.60. The number of carbonyl (C=O) groups excluding carboxylic acids is 2. The molecule has 3 unspecified atom stereocenters. The Morgan fingerprint density at radius 2 is 1.76 bits per heavy atom. The molecule has 0 aromatic carbocycles. The van der Waals surface area contributed by atoms with E-state index in [4.69, 9.17) is 14.2 Å². The van der Waals surface area contributed by atoms with E-state index in [0.29, 0.717) is 12.5 Å². The standard InChI is InChI=1S/C12H18O5/c1-8-11(13)17-10(12(14)16-8)6-4-2-3-5-9-7-15-9/h8-10H,2-7H2,1H3. The molecule has 2 heterocycles. The smallest absolute Gasteiger partial charge is 0.348 e. The fourth-order valence-electron chi connectivity index (χ4n) is 1.87. The van der Waals surface area contributed by atoms with E-state index in [0.717, 1.165) is 32.3 Å². The maximum atomic E-state index is 11.4. The van der Waals surface area contributed by atoms with Crippen LogP contribution in [0.4, 0.5) is 0 Å². The summed E-state index contributed by atoms with van der Waals surface area (Å²) in [6.45, 7) is 2.41. The van der Waals surface area contributed by atoms with Crippen molar-refractivity contribution in [3.05, 3.63) is 0 Å². The molecule has 2 aliphatic heterocycles. The third kappa shape index (κ3) is 3.70. The van der Waals surface area contributed by atoms with Crippen molar-refractivity contribution in [2.45, 2.75) is 57.3 Å². The fourth-order valence-corrected chi connectivity index (χ4v) is 1.87. The van der Waals surface area contributed by atoms with Gasteiger partial charge in [0.2, 0.25) is 0 Å². The Balaban J connectivity index is 1.60. The zero-order valence-corrected chi connectivity index (χ0v) is 10.0. The van der Waals surface area contributed by atoms with Crippen LogP contribution in [-0.2, 0) is 23.8 Å². The lowest BCUT2D eigenvalue weighted by Gasteiger charge is -2.25. The molecule has 2 rings (SSSR count). The van der Waals surface area contributed by atoms with Crippen LogP contribution in [0, 0.1) is 0 Å². The topological polar surface area (TPSA) is 65.1 Å². The monoisotopic (exact) mass is 242 g/mol. The predicted molar refractivity (Wildman–Crippen MR) is 58.3 cm³/mol. The highest BCUT2D eigenvalue weighted by atomic mass is 16.6. The second-order valence-electron chi connectivity index (χ2n) is 4.60. The van der Waals surface area contributed by atoms with Crippen molar-refractivity contribution in [3.8, 4) is 0 Å². The number of carbonyl (C=O) groups is 2. The van der Waals surface area contributed by atoms with Crippen molar-refractivity contribution in [1.82, 2.24) is 0 Å². The normalized spacial score (nSPS) is 31.9. The summed E-state index contributed by atoms with van der Waals surface area (Å²) >= 11 is 0. The molecule has 2 aliphatic rings. The van der Waals surface area contributed by atoms with Crippen molar-refractivity contribution in [2.24, 2.45) is 0 Å². The molecule has 0 radical (unpaired) electrons. The van der Waals surface area contributed by atoms with Crippen LogP contribution in [0.15, 0.2) is 0 Å². The molecule has 0 amide bonds. The van der Waals surface area contributed by atoms with Gasteiger partial charge in [-0.3, -0.25) is 0 Å². The molecule has 3 atom stereocenters. The maximum absolute atomic E-state index is 11.4. The minimum absolute atomic E-state index is 0.414. The van der Waals surface area contributed by atoms with Crippen LogP contribution in [0.1, 0.15) is 39.0 Å². The number of rotatable bonds is 6. The number of cyclic esters (lactones) is 2. The van der Waals surface area contributed by atoms with Crippen LogP contribution in [0.2, 0.25) is 0 Å². The lowest BCUT2D eigenvalue weighted by Crippen LogP contribution is -2.42. The fraction of sp³-hybridized carbons (Fsp3) is 0.833. The molecule has 0 bridgehead atoms. The number of esters is 2. The molecule has 0 saturated carbocycles. The highest BCUT2D eigenvalue weighted by molar-refractivity contribution is 5.87. The number of unbranched alkanes of at least 4 members (excludes halogenated alkanes) is 2. The average Bonchev–Trinajstić information content (AvgIpc) is 3.08. The highest BCUT2D eigenvalue weighted by Gasteiger charge is 2.35. The highest BCUT2D eigenvalue weighted by Crippen LogP contribution is 2.19. The summed E-state index contributed by atoms with van der Waals surface area (Å²) in [5, 5.41) is 0. The van der Waals surface area contributed by atoms with E-state index in [1.54, 1.807) is 0 Å². The Morgan fingerprint density at radius 3 is 2.47 bits per heavy atom. The Bertz CT molecular complexity index is 297. The Kier molecular flexibility index (Phi) is 3.99. The first-order valence-electron chi connectivity index (χ1n) is 6.19. The van der Waals surface area contributed by atoms with Gasteiger partial charge in [0.05, 0.1) is 12.7 Å². The number of epoxide rings is 1. The molecule has 0 spiro atoms. The van der Waals surface area contributed by atoms with Crippen molar-refractivity contribution in [3.63, 3.8) is 0 Å². The molecule has 2 fully saturated rings. The second kappa shape index (κ2) is 5.49. The molecule has 0 N–H and O–H groups in total. The summed E-state index contributed by atoms with van der Waals surface area (Å²) in [5.41, 5.74) is 0. The third-order valence-electron chi connectivity index (χ3n) is 3.04. The molecule has 2 saturated heterocycles. The summed E-state index contributed by atoms with van der Waals surface area (Å²) in [6.07, 6.45) is 3.64. The van der Waals surface area contributed by atoms with E-state index >= 15 is 0 Å². The zero-order valence-electron chi connectivity index (χ0n) is 10.0. The summed E-state index contributed by atoms with van der Waals surface area (Å²) in [4.78, 5) is 22.6. The van der Waals surface area contributed by atoms with Gasteiger partial charge in [0.25, 0.3) is 0 Å². The number of ether oxygens (including phenoxy) is 3. The minimum atomic E-state index is -0.759. The molecular weight excluding hydrogens is 224 g/mol. The van der Waals surface area contributed by atoms with Gasteiger partial charge in [-0.2, -0.15) is 0 Å². The first-order valence-corrected chi connectivity index (χ1v) is 6.19. The van der Waals surface area contributed by atoms with Crippen molar-refractivity contribution < 1.29 is 23.8 Å². The van der Waals surface area contributed by atoms with Gasteiger partial charge in [-0.25, -0.2) is 9.59 Å². The largest absolute Gasteiger partial charge is 0.448 e. The average molecular weight is 242 g/mol. The van der Waals surface area contributed by atoms with Gasteiger partial charge in [-0.1, -0.05) is 12.8 Å². The van der Waals surface area contributed by atoms with Gasteiger partial charge in [-0.05, 0) is 26.2 Å². The minimum Gasteiger partial charge on any atom is -0.448 e. The van der Waals surface area contributed by atoms with E-state index in [1.807, 2.05) is 0 Å². The summed E-state index contributed by atoms with van der Waals surface area (Å²) < 4.78 is 15.0. The van der Waals surface area contributed by atoms with Crippen LogP contribution < -0.4 is 0 Å². The lowest BCUT2D eigenvalue weighted by atomic mass is 10.1. The van der Waals surface area contributed by atoms with E-state index in [-0.39, 0.29) is 0 Å². The van der Waals surface area contributed by atoms with E-state index in [2.05, 4.69) is 0 Å². The van der Waals surface area contributed by atoms with Gasteiger partial charge in [0.1, 0.15) is 0 Å². The van der Waals surface area contributed by atoms with Gasteiger partial charge in [-0.15, -0.1) is 0 Å². The lowest BCUT2D eigenvalue weighted by molar-refractivity contribution is -0.193. The van der Waals surface area contributed by atoms with Crippen LogP contribution >= 0.6 is 0 Å². The molecule has 0 aliphatic carbocycles. The van der Waals surface area contributed by atoms with Crippen LogP contribution in [0.3, 0.4) is 0 Å². The van der Waals surface area contributed by atoms with Gasteiger partial charge < -0.3 is 14.2 Å². The van der Waals surface area contributed by atoms with Crippen molar-refractivity contribution in [1.29, 1.82) is 0 Å². The molecule has 17 heavy (non-hydrogen) atoms.